The largest absolute Gasteiger partial charge is 0.463 e. The van der Waals surface area contributed by atoms with Crippen molar-refractivity contribution in [2.45, 2.75) is 6.54 Å². The van der Waals surface area contributed by atoms with E-state index in [-0.39, 0.29) is 5.76 Å². The molecule has 0 bridgehead atoms. The van der Waals surface area contributed by atoms with Crippen LogP contribution in [0.2, 0.25) is 10.0 Å². The van der Waals surface area contributed by atoms with Crippen LogP contribution in [0.25, 0.3) is 10.9 Å². The number of halogens is 2. The summed E-state index contributed by atoms with van der Waals surface area (Å²) < 4.78 is 12.3. The second-order valence-electron chi connectivity index (χ2n) is 6.34. The van der Waals surface area contributed by atoms with Crippen molar-refractivity contribution in [1.29, 1.82) is 0 Å². The molecule has 29 heavy (non-hydrogen) atoms. The van der Waals surface area contributed by atoms with Gasteiger partial charge < -0.3 is 13.7 Å². The van der Waals surface area contributed by atoms with E-state index in [1.807, 2.05) is 35.0 Å². The van der Waals surface area contributed by atoms with E-state index in [1.165, 1.54) is 7.11 Å². The highest BCUT2D eigenvalue weighted by molar-refractivity contribution is 6.36. The number of rotatable bonds is 5. The number of ether oxygens (including phenoxy) is 1. The van der Waals surface area contributed by atoms with Gasteiger partial charge in [-0.1, -0.05) is 41.4 Å². The number of methoxy groups -OCH3 is 1. The molecule has 146 valence electrons. The molecule has 7 heteroatoms. The lowest BCUT2D eigenvalue weighted by atomic mass is 10.2. The second kappa shape index (κ2) is 8.15. The molecule has 5 nitrogen and oxygen atoms in total. The van der Waals surface area contributed by atoms with Crippen molar-refractivity contribution in [3.63, 3.8) is 0 Å². The van der Waals surface area contributed by atoms with Crippen molar-refractivity contribution in [1.82, 2.24) is 4.57 Å². The monoisotopic (exact) mass is 426 g/mol. The highest BCUT2D eigenvalue weighted by atomic mass is 35.5. The molecule has 2 heterocycles. The van der Waals surface area contributed by atoms with Gasteiger partial charge in [0.15, 0.2) is 0 Å². The lowest BCUT2D eigenvalue weighted by Gasteiger charge is -2.02. The molecule has 0 aliphatic rings. The van der Waals surface area contributed by atoms with Gasteiger partial charge in [-0.05, 0) is 36.4 Å². The zero-order valence-electron chi connectivity index (χ0n) is 15.4. The molecule has 0 atom stereocenters. The number of carbonyl (C=O) groups is 1. The van der Waals surface area contributed by atoms with E-state index in [4.69, 9.17) is 27.6 Å². The molecule has 0 radical (unpaired) electrons. The molecule has 0 aliphatic carbocycles. The summed E-state index contributed by atoms with van der Waals surface area (Å²) in [5, 5.41) is 2.10. The van der Waals surface area contributed by atoms with Gasteiger partial charge in [-0.15, -0.1) is 0 Å². The molecule has 4 rings (SSSR count). The van der Waals surface area contributed by atoms with Crippen LogP contribution < -0.4 is 0 Å². The number of para-hydroxylation sites is 1. The van der Waals surface area contributed by atoms with E-state index >= 15 is 0 Å². The molecule has 0 aliphatic heterocycles. The van der Waals surface area contributed by atoms with Crippen molar-refractivity contribution in [2.75, 3.05) is 7.11 Å². The molecule has 0 saturated carbocycles. The van der Waals surface area contributed by atoms with Crippen LogP contribution in [0, 0.1) is 0 Å². The van der Waals surface area contributed by atoms with Crippen molar-refractivity contribution in [3.8, 4) is 0 Å². The Bertz CT molecular complexity index is 1220. The Morgan fingerprint density at radius 1 is 1.17 bits per heavy atom. The fourth-order valence-corrected chi connectivity index (χ4v) is 3.53. The minimum Gasteiger partial charge on any atom is -0.463 e. The highest BCUT2D eigenvalue weighted by Crippen LogP contribution is 2.28. The van der Waals surface area contributed by atoms with Crippen LogP contribution in [0.3, 0.4) is 0 Å². The maximum absolute atomic E-state index is 11.6. The van der Waals surface area contributed by atoms with E-state index in [9.17, 15) is 4.79 Å². The summed E-state index contributed by atoms with van der Waals surface area (Å²) in [6, 6.07) is 16.6. The van der Waals surface area contributed by atoms with E-state index in [0.717, 1.165) is 16.5 Å². The van der Waals surface area contributed by atoms with Crippen LogP contribution in [0.5, 0.6) is 0 Å². The number of hydrogen-bond donors (Lipinski definition) is 0. The van der Waals surface area contributed by atoms with E-state index in [1.54, 1.807) is 36.5 Å². The average Bonchev–Trinajstić information content (AvgIpc) is 3.32. The SMILES string of the molecule is COC(=O)c1ccc(Cn2cc(C=Nc3ccc(Cl)cc3Cl)c3ccccc32)o1. The lowest BCUT2D eigenvalue weighted by Crippen LogP contribution is -1.99. The number of furan rings is 1. The topological polar surface area (TPSA) is 56.7 Å². The number of aliphatic imine (C=N–C) groups is 1. The van der Waals surface area contributed by atoms with Crippen LogP contribution in [-0.4, -0.2) is 23.9 Å². The smallest absolute Gasteiger partial charge is 0.373 e. The molecule has 4 aromatic rings. The zero-order valence-corrected chi connectivity index (χ0v) is 16.9. The van der Waals surface area contributed by atoms with Gasteiger partial charge in [0.1, 0.15) is 5.76 Å². The average molecular weight is 427 g/mol. The Morgan fingerprint density at radius 3 is 2.79 bits per heavy atom. The fourth-order valence-electron chi connectivity index (χ4n) is 3.08. The lowest BCUT2D eigenvalue weighted by molar-refractivity contribution is 0.0563. The van der Waals surface area contributed by atoms with Gasteiger partial charge in [0.2, 0.25) is 5.76 Å². The molecule has 0 N–H and O–H groups in total. The van der Waals surface area contributed by atoms with Crippen LogP contribution in [0.4, 0.5) is 5.69 Å². The van der Waals surface area contributed by atoms with Crippen LogP contribution in [0.1, 0.15) is 21.9 Å². The maximum Gasteiger partial charge on any atom is 0.373 e. The first-order chi connectivity index (χ1) is 14.0. The highest BCUT2D eigenvalue weighted by Gasteiger charge is 2.13. The van der Waals surface area contributed by atoms with Gasteiger partial charge in [0.05, 0.1) is 24.4 Å². The van der Waals surface area contributed by atoms with Crippen molar-refractivity contribution < 1.29 is 13.9 Å². The Kier molecular flexibility index (Phi) is 5.43. The van der Waals surface area contributed by atoms with Gasteiger partial charge in [-0.2, -0.15) is 0 Å². The predicted molar refractivity (Wildman–Crippen MR) is 115 cm³/mol. The van der Waals surface area contributed by atoms with Crippen LogP contribution in [0.15, 0.2) is 70.2 Å². The molecular weight excluding hydrogens is 411 g/mol. The first-order valence-electron chi connectivity index (χ1n) is 8.79. The molecule has 0 spiro atoms. The molecular formula is C22H16Cl2N2O3. The molecule has 0 unspecified atom stereocenters. The zero-order chi connectivity index (χ0) is 20.4. The summed E-state index contributed by atoms with van der Waals surface area (Å²) in [4.78, 5) is 16.1. The second-order valence-corrected chi connectivity index (χ2v) is 7.18. The molecule has 0 amide bonds. The molecule has 0 saturated heterocycles. The van der Waals surface area contributed by atoms with Gasteiger partial charge in [0.25, 0.3) is 0 Å². The Morgan fingerprint density at radius 2 is 2.00 bits per heavy atom. The Hall–Kier alpha value is -3.02. The summed E-state index contributed by atoms with van der Waals surface area (Å²) in [6.07, 6.45) is 3.76. The van der Waals surface area contributed by atoms with E-state index < -0.39 is 5.97 Å². The fraction of sp³-hybridized carbons (Fsp3) is 0.0909. The number of esters is 1. The molecule has 2 aromatic carbocycles. The van der Waals surface area contributed by atoms with Gasteiger partial charge >= 0.3 is 5.97 Å². The molecule has 2 aromatic heterocycles. The predicted octanol–water partition coefficient (Wildman–Crippen LogP) is 6.13. The first kappa shape index (κ1) is 19.3. The summed E-state index contributed by atoms with van der Waals surface area (Å²) in [6.45, 7) is 0.465. The minimum atomic E-state index is -0.499. The molecule has 0 fully saturated rings. The van der Waals surface area contributed by atoms with Crippen molar-refractivity contribution in [3.05, 3.63) is 87.9 Å². The number of benzene rings is 2. The number of carbonyl (C=O) groups excluding carboxylic acids is 1. The quantitative estimate of drug-likeness (QED) is 0.285. The number of aromatic nitrogens is 1. The summed E-state index contributed by atoms with van der Waals surface area (Å²) in [5.74, 6) is 0.329. The normalized spacial score (nSPS) is 11.4. The number of hydrogen-bond acceptors (Lipinski definition) is 4. The maximum atomic E-state index is 11.6. The van der Waals surface area contributed by atoms with Crippen molar-refractivity contribution in [2.24, 2.45) is 4.99 Å². The third-order valence-electron chi connectivity index (χ3n) is 4.45. The standard InChI is InChI=1S/C22H16Cl2N2O3/c1-28-22(27)21-9-7-16(29-21)13-26-12-14(17-4-2-3-5-20(17)26)11-25-19-8-6-15(23)10-18(19)24/h2-12H,13H2,1H3. The Balaban J connectivity index is 1.67. The van der Waals surface area contributed by atoms with Crippen LogP contribution in [-0.2, 0) is 11.3 Å². The van der Waals surface area contributed by atoms with Gasteiger partial charge in [0, 0.05) is 33.9 Å². The van der Waals surface area contributed by atoms with Crippen molar-refractivity contribution >= 4 is 52.0 Å². The third kappa shape index (κ3) is 4.06. The third-order valence-corrected chi connectivity index (χ3v) is 4.98. The van der Waals surface area contributed by atoms with Crippen LogP contribution >= 0.6 is 23.2 Å². The van der Waals surface area contributed by atoms with Gasteiger partial charge in [-0.3, -0.25) is 4.99 Å². The van der Waals surface area contributed by atoms with Gasteiger partial charge in [-0.25, -0.2) is 4.79 Å². The number of fused-ring (bicyclic) bond motifs is 1. The minimum absolute atomic E-state index is 0.179. The number of nitrogens with zero attached hydrogens (tertiary/aromatic N) is 2. The first-order valence-corrected chi connectivity index (χ1v) is 9.55. The Labute approximate surface area is 177 Å². The summed E-state index contributed by atoms with van der Waals surface area (Å²) in [7, 11) is 1.32. The van der Waals surface area contributed by atoms with E-state index in [0.29, 0.717) is 28.0 Å². The summed E-state index contributed by atoms with van der Waals surface area (Å²) >= 11 is 12.2. The van der Waals surface area contributed by atoms with E-state index in [2.05, 4.69) is 9.73 Å². The summed E-state index contributed by atoms with van der Waals surface area (Å²) in [5.41, 5.74) is 2.60.